The first-order valence-electron chi connectivity index (χ1n) is 7.92. The standard InChI is InChI=1S/C18H23N3O2/c1-9(2)14-12-7-10(3)11(4)8-13(12)20(5)16-15(14)17(22)21(6)18(23)19-16/h7-9,14H,1-6H3,(H,19,23)/t14-/m0/s1. The number of aryl methyl sites for hydroxylation is 2. The molecule has 0 unspecified atom stereocenters. The van der Waals surface area contributed by atoms with Crippen LogP contribution in [0.15, 0.2) is 21.7 Å². The van der Waals surface area contributed by atoms with Crippen LogP contribution in [-0.4, -0.2) is 16.6 Å². The summed E-state index contributed by atoms with van der Waals surface area (Å²) >= 11 is 0. The highest BCUT2D eigenvalue weighted by atomic mass is 16.2. The third-order valence-electron chi connectivity index (χ3n) is 4.97. The molecule has 0 spiro atoms. The van der Waals surface area contributed by atoms with Gasteiger partial charge in [-0.25, -0.2) is 4.79 Å². The number of aromatic nitrogens is 2. The van der Waals surface area contributed by atoms with Crippen molar-refractivity contribution in [1.82, 2.24) is 9.55 Å². The smallest absolute Gasteiger partial charge is 0.329 e. The van der Waals surface area contributed by atoms with Gasteiger partial charge in [0.15, 0.2) is 0 Å². The van der Waals surface area contributed by atoms with Crippen LogP contribution in [0, 0.1) is 19.8 Å². The number of anilines is 2. The summed E-state index contributed by atoms with van der Waals surface area (Å²) in [6.07, 6.45) is 0. The van der Waals surface area contributed by atoms with Gasteiger partial charge < -0.3 is 4.90 Å². The zero-order valence-electron chi connectivity index (χ0n) is 14.5. The van der Waals surface area contributed by atoms with Crippen LogP contribution in [0.4, 0.5) is 11.5 Å². The van der Waals surface area contributed by atoms with E-state index in [-0.39, 0.29) is 23.1 Å². The van der Waals surface area contributed by atoms with Crippen LogP contribution in [0.2, 0.25) is 0 Å². The van der Waals surface area contributed by atoms with E-state index in [1.807, 2.05) is 11.9 Å². The largest absolute Gasteiger partial charge is 0.330 e. The van der Waals surface area contributed by atoms with Gasteiger partial charge in [0.25, 0.3) is 5.56 Å². The third kappa shape index (κ3) is 2.14. The lowest BCUT2D eigenvalue weighted by Crippen LogP contribution is -2.41. The molecule has 122 valence electrons. The zero-order valence-corrected chi connectivity index (χ0v) is 14.5. The van der Waals surface area contributed by atoms with Gasteiger partial charge in [0, 0.05) is 25.7 Å². The summed E-state index contributed by atoms with van der Waals surface area (Å²) in [5.74, 6) is 0.848. The Labute approximate surface area is 135 Å². The molecule has 0 amide bonds. The highest BCUT2D eigenvalue weighted by Gasteiger charge is 2.35. The summed E-state index contributed by atoms with van der Waals surface area (Å²) in [6, 6.07) is 4.32. The van der Waals surface area contributed by atoms with Crippen molar-refractivity contribution in [2.45, 2.75) is 33.6 Å². The number of H-pyrrole nitrogens is 1. The van der Waals surface area contributed by atoms with Crippen molar-refractivity contribution in [3.05, 3.63) is 55.2 Å². The molecule has 0 fully saturated rings. The highest BCUT2D eigenvalue weighted by Crippen LogP contribution is 2.45. The molecular formula is C18H23N3O2. The van der Waals surface area contributed by atoms with Gasteiger partial charge in [-0.05, 0) is 42.5 Å². The number of rotatable bonds is 1. The van der Waals surface area contributed by atoms with Gasteiger partial charge in [-0.1, -0.05) is 19.9 Å². The molecule has 1 aliphatic heterocycles. The van der Waals surface area contributed by atoms with E-state index in [0.717, 1.165) is 15.8 Å². The molecule has 2 heterocycles. The summed E-state index contributed by atoms with van der Waals surface area (Å²) in [5.41, 5.74) is 4.72. The SMILES string of the molecule is Cc1cc2c(cc1C)N(C)c1[nH]c(=O)n(C)c(=O)c1[C@H]2C(C)C. The molecule has 0 radical (unpaired) electrons. The van der Waals surface area contributed by atoms with Crippen molar-refractivity contribution >= 4 is 11.5 Å². The van der Waals surface area contributed by atoms with E-state index in [0.29, 0.717) is 11.4 Å². The minimum absolute atomic E-state index is 0.0222. The van der Waals surface area contributed by atoms with Crippen LogP contribution in [0.25, 0.3) is 0 Å². The fourth-order valence-electron chi connectivity index (χ4n) is 3.50. The van der Waals surface area contributed by atoms with Crippen molar-refractivity contribution < 1.29 is 0 Å². The van der Waals surface area contributed by atoms with E-state index >= 15 is 0 Å². The monoisotopic (exact) mass is 313 g/mol. The topological polar surface area (TPSA) is 58.1 Å². The molecule has 0 bridgehead atoms. The number of hydrogen-bond acceptors (Lipinski definition) is 3. The normalized spacial score (nSPS) is 16.5. The quantitative estimate of drug-likeness (QED) is 0.880. The molecule has 0 saturated carbocycles. The maximum atomic E-state index is 12.8. The van der Waals surface area contributed by atoms with E-state index in [1.165, 1.54) is 18.2 Å². The van der Waals surface area contributed by atoms with Crippen LogP contribution >= 0.6 is 0 Å². The molecule has 2 aromatic rings. The highest BCUT2D eigenvalue weighted by molar-refractivity contribution is 5.74. The first-order chi connectivity index (χ1) is 10.7. The summed E-state index contributed by atoms with van der Waals surface area (Å²) in [5, 5.41) is 0. The lowest BCUT2D eigenvalue weighted by atomic mass is 9.78. The van der Waals surface area contributed by atoms with Crippen molar-refractivity contribution in [3.8, 4) is 0 Å². The number of nitrogens with one attached hydrogen (secondary N) is 1. The fourth-order valence-corrected chi connectivity index (χ4v) is 3.50. The summed E-state index contributed by atoms with van der Waals surface area (Å²) in [7, 11) is 3.42. The van der Waals surface area contributed by atoms with Gasteiger partial charge >= 0.3 is 5.69 Å². The van der Waals surface area contributed by atoms with Crippen molar-refractivity contribution in [2.75, 3.05) is 11.9 Å². The van der Waals surface area contributed by atoms with Crippen LogP contribution in [0.1, 0.15) is 42.0 Å². The fraction of sp³-hybridized carbons (Fsp3) is 0.444. The van der Waals surface area contributed by atoms with Crippen molar-refractivity contribution in [3.63, 3.8) is 0 Å². The Kier molecular flexibility index (Phi) is 3.47. The first kappa shape index (κ1) is 15.6. The molecular weight excluding hydrogens is 290 g/mol. The molecule has 1 N–H and O–H groups in total. The number of hydrogen-bond donors (Lipinski definition) is 1. The van der Waals surface area contributed by atoms with Gasteiger partial charge in [-0.2, -0.15) is 0 Å². The molecule has 5 heteroatoms. The summed E-state index contributed by atoms with van der Waals surface area (Å²) in [6.45, 7) is 8.40. The van der Waals surface area contributed by atoms with Crippen LogP contribution < -0.4 is 16.1 Å². The zero-order chi connectivity index (χ0) is 17.0. The Morgan fingerprint density at radius 1 is 1.09 bits per heavy atom. The lowest BCUT2D eigenvalue weighted by molar-refractivity contribution is 0.543. The average molecular weight is 313 g/mol. The van der Waals surface area contributed by atoms with E-state index < -0.39 is 0 Å². The predicted octanol–water partition coefficient (Wildman–Crippen LogP) is 2.56. The Balaban J connectivity index is 2.43. The van der Waals surface area contributed by atoms with Gasteiger partial charge in [-0.3, -0.25) is 14.3 Å². The van der Waals surface area contributed by atoms with Gasteiger partial charge in [0.1, 0.15) is 5.82 Å². The Morgan fingerprint density at radius 2 is 1.70 bits per heavy atom. The molecule has 1 atom stereocenters. The molecule has 3 rings (SSSR count). The first-order valence-corrected chi connectivity index (χ1v) is 7.92. The Hall–Kier alpha value is -2.30. The Bertz CT molecular complexity index is 906. The molecule has 0 aliphatic carbocycles. The molecule has 1 aromatic heterocycles. The van der Waals surface area contributed by atoms with Crippen LogP contribution in [0.5, 0.6) is 0 Å². The van der Waals surface area contributed by atoms with Gasteiger partial charge in [0.2, 0.25) is 0 Å². The molecule has 5 nitrogen and oxygen atoms in total. The van der Waals surface area contributed by atoms with Crippen molar-refractivity contribution in [1.29, 1.82) is 0 Å². The number of fused-ring (bicyclic) bond motifs is 2. The minimum Gasteiger partial charge on any atom is -0.330 e. The van der Waals surface area contributed by atoms with E-state index in [9.17, 15) is 9.59 Å². The summed E-state index contributed by atoms with van der Waals surface area (Å²) < 4.78 is 1.16. The van der Waals surface area contributed by atoms with E-state index in [4.69, 9.17) is 0 Å². The maximum Gasteiger partial charge on any atom is 0.329 e. The van der Waals surface area contributed by atoms with Crippen LogP contribution in [-0.2, 0) is 7.05 Å². The predicted molar refractivity (Wildman–Crippen MR) is 93.0 cm³/mol. The second-order valence-electron chi connectivity index (χ2n) is 6.83. The molecule has 0 saturated heterocycles. The summed E-state index contributed by atoms with van der Waals surface area (Å²) in [4.78, 5) is 29.6. The number of benzene rings is 1. The van der Waals surface area contributed by atoms with Crippen molar-refractivity contribution in [2.24, 2.45) is 13.0 Å². The molecule has 23 heavy (non-hydrogen) atoms. The molecule has 1 aliphatic rings. The maximum absolute atomic E-state index is 12.8. The minimum atomic E-state index is -0.379. The van der Waals surface area contributed by atoms with Crippen LogP contribution in [0.3, 0.4) is 0 Å². The lowest BCUT2D eigenvalue weighted by Gasteiger charge is -2.36. The van der Waals surface area contributed by atoms with Gasteiger partial charge in [0.05, 0.1) is 5.56 Å². The molecule has 1 aromatic carbocycles. The Morgan fingerprint density at radius 3 is 2.30 bits per heavy atom. The van der Waals surface area contributed by atoms with Gasteiger partial charge in [-0.15, -0.1) is 0 Å². The third-order valence-corrected chi connectivity index (χ3v) is 4.97. The van der Waals surface area contributed by atoms with E-state index in [1.54, 1.807) is 0 Å². The number of nitrogens with zero attached hydrogens (tertiary/aromatic N) is 2. The second kappa shape index (κ2) is 5.11. The van der Waals surface area contributed by atoms with E-state index in [2.05, 4.69) is 44.8 Å². The average Bonchev–Trinajstić information content (AvgIpc) is 2.48. The second-order valence-corrected chi connectivity index (χ2v) is 6.83. The number of aromatic amines is 1.